The lowest BCUT2D eigenvalue weighted by molar-refractivity contribution is -0.0612. The molecule has 4 N–H and O–H groups in total. The first-order chi connectivity index (χ1) is 24.1. The van der Waals surface area contributed by atoms with Crippen LogP contribution in [0.15, 0.2) is 12.7 Å². The molecule has 0 spiro atoms. The highest BCUT2D eigenvalue weighted by atomic mass is 32.5. The van der Waals surface area contributed by atoms with E-state index >= 15 is 4.39 Å². The summed E-state index contributed by atoms with van der Waals surface area (Å²) in [5, 5.41) is 28.6. The number of aryl methyl sites for hydroxylation is 2. The van der Waals surface area contributed by atoms with Gasteiger partial charge >= 0.3 is 6.72 Å². The quantitative estimate of drug-likeness (QED) is 0.167. The SMILES string of the molecule is [B-]P1(=O)OC[C@H]2O[C@@H](n3nc4c5c(ncnc53)NCCC4)C(O)C2OP(O)(=S)OC[C@H]2O[C@@H](n3nc4c5c(ncnc53)NCCC4)C(F)C2O1. The van der Waals surface area contributed by atoms with E-state index in [1.54, 1.807) is 0 Å². The Bertz CT molecular complexity index is 1940. The van der Waals surface area contributed by atoms with E-state index in [-0.39, 0.29) is 0 Å². The van der Waals surface area contributed by atoms with Crippen molar-refractivity contribution in [3.63, 3.8) is 0 Å². The molecule has 9 heterocycles. The molecule has 9 rings (SSSR count). The van der Waals surface area contributed by atoms with Gasteiger partial charge in [-0.2, -0.15) is 10.2 Å². The van der Waals surface area contributed by atoms with E-state index in [2.05, 4.69) is 40.8 Å². The van der Waals surface area contributed by atoms with Crippen molar-refractivity contribution in [1.29, 1.82) is 0 Å². The number of aromatic nitrogens is 8. The van der Waals surface area contributed by atoms with Gasteiger partial charge in [-0.05, 0) is 37.5 Å². The van der Waals surface area contributed by atoms with Gasteiger partial charge in [-0.1, -0.05) is 0 Å². The summed E-state index contributed by atoms with van der Waals surface area (Å²) in [4.78, 5) is 28.5. The fourth-order valence-electron chi connectivity index (χ4n) is 7.05. The Kier molecular flexibility index (Phi) is 8.24. The Morgan fingerprint density at radius 3 is 2.06 bits per heavy atom. The summed E-state index contributed by atoms with van der Waals surface area (Å²) in [5.74, 6) is 1.16. The van der Waals surface area contributed by atoms with Crippen LogP contribution >= 0.6 is 14.2 Å². The smallest absolute Gasteiger partial charge is 0.325 e. The van der Waals surface area contributed by atoms with E-state index in [1.165, 1.54) is 22.0 Å². The Hall–Kier alpha value is -2.75. The van der Waals surface area contributed by atoms with Gasteiger partial charge in [-0.25, -0.2) is 33.7 Å². The van der Waals surface area contributed by atoms with Crippen molar-refractivity contribution in [3.05, 3.63) is 24.0 Å². The predicted molar refractivity (Wildman–Crippen MR) is 175 cm³/mol. The molecule has 0 saturated carbocycles. The summed E-state index contributed by atoms with van der Waals surface area (Å²) in [6, 6.07) is 0. The van der Waals surface area contributed by atoms with Crippen molar-refractivity contribution in [1.82, 2.24) is 39.5 Å². The van der Waals surface area contributed by atoms with Crippen LogP contribution in [-0.4, -0.2) is 120 Å². The number of aliphatic hydroxyl groups excluding tert-OH is 1. The highest BCUT2D eigenvalue weighted by Crippen LogP contribution is 2.54. The van der Waals surface area contributed by atoms with E-state index in [4.69, 9.17) is 46.9 Å². The Balaban J connectivity index is 1.00. The molecule has 50 heavy (non-hydrogen) atoms. The minimum absolute atomic E-state index is 0.315. The third-order valence-electron chi connectivity index (χ3n) is 9.29. The highest BCUT2D eigenvalue weighted by Gasteiger charge is 2.53. The molecule has 6 unspecified atom stereocenters. The van der Waals surface area contributed by atoms with Crippen LogP contribution in [0.25, 0.3) is 22.1 Å². The van der Waals surface area contributed by atoms with Crippen LogP contribution in [-0.2, 0) is 56.8 Å². The molecule has 0 amide bonds. The van der Waals surface area contributed by atoms with E-state index < -0.39 is 76.6 Å². The second-order valence-corrected chi connectivity index (χ2v) is 16.8. The first kappa shape index (κ1) is 33.1. The van der Waals surface area contributed by atoms with Gasteiger partial charge in [-0.3, -0.25) is 4.52 Å². The topological polar surface area (TPSA) is 224 Å². The number of aliphatic hydroxyl groups is 1. The molecule has 4 aromatic heterocycles. The van der Waals surface area contributed by atoms with Crippen molar-refractivity contribution in [2.75, 3.05) is 36.9 Å². The highest BCUT2D eigenvalue weighted by molar-refractivity contribution is 8.07. The maximum Gasteiger partial charge on any atom is 0.325 e. The average Bonchev–Trinajstić information content (AvgIpc) is 3.71. The van der Waals surface area contributed by atoms with Gasteiger partial charge in [0.15, 0.2) is 29.9 Å². The molecule has 4 aromatic rings. The molecule has 265 valence electrons. The fraction of sp³-hybridized carbons (Fsp3) is 0.615. The largest absolute Gasteiger partial charge is 0.444 e. The number of alkyl halides is 1. The monoisotopic (exact) mass is 750 g/mol. The molecule has 0 aliphatic carbocycles. The van der Waals surface area contributed by atoms with Gasteiger partial charge < -0.3 is 55.8 Å². The van der Waals surface area contributed by atoms with Gasteiger partial charge in [0.05, 0.1) is 42.8 Å². The zero-order chi connectivity index (χ0) is 34.4. The summed E-state index contributed by atoms with van der Waals surface area (Å²) in [5.41, 5.74) is 2.06. The molecule has 3 radical (unpaired) electrons. The standard InChI is InChI=1S/C26H30BFN10O9P2S/c27-48(40)42-7-14-20(18(39)26(45-14)38-24-16-12(36-38)4-2-6-30-22(16)32-10-34-24)47-49(41,50)43-8-13-19(46-48)17(28)25(44-13)37-23-15-11(35-37)3-1-5-29-21(15)31-9-33-23/h9-10,13-14,17-20,25-26,39H,1-8H2,(H,41,50)(H,29,31,33)(H,30,32,34)/q-1/t13-,14-,17?,18?,19?,20?,25-,26-,48?,49?/m1/s1. The summed E-state index contributed by atoms with van der Waals surface area (Å²) >= 11 is 5.32. The lowest BCUT2D eigenvalue weighted by atomic mass is 10.1. The van der Waals surface area contributed by atoms with Crippen LogP contribution in [0.3, 0.4) is 0 Å². The van der Waals surface area contributed by atoms with Gasteiger partial charge in [0.2, 0.25) is 0 Å². The summed E-state index contributed by atoms with van der Waals surface area (Å²) in [7, 11) is 1.47. The average molecular weight is 750 g/mol. The number of nitrogens with one attached hydrogen (secondary N) is 2. The molecule has 10 atom stereocenters. The third-order valence-corrected chi connectivity index (χ3v) is 11.9. The minimum Gasteiger partial charge on any atom is -0.444 e. The van der Waals surface area contributed by atoms with E-state index in [0.29, 0.717) is 71.0 Å². The first-order valence-corrected chi connectivity index (χ1v) is 20.2. The molecule has 3 fully saturated rings. The van der Waals surface area contributed by atoms with Crippen LogP contribution in [0.2, 0.25) is 0 Å². The van der Waals surface area contributed by atoms with Gasteiger partial charge in [-0.15, -0.1) is 0 Å². The van der Waals surface area contributed by atoms with E-state index in [9.17, 15) is 14.6 Å². The van der Waals surface area contributed by atoms with E-state index in [1.807, 2.05) is 0 Å². The molecule has 3 saturated heterocycles. The van der Waals surface area contributed by atoms with Crippen molar-refractivity contribution >= 4 is 67.3 Å². The summed E-state index contributed by atoms with van der Waals surface area (Å²) in [6.07, 6.45) is -6.22. The zero-order valence-corrected chi connectivity index (χ0v) is 28.6. The first-order valence-electron chi connectivity index (χ1n) is 16.0. The van der Waals surface area contributed by atoms with Crippen molar-refractivity contribution in [2.45, 2.75) is 74.8 Å². The fourth-order valence-corrected chi connectivity index (χ4v) is 9.50. The molecule has 0 bridgehead atoms. The molecular weight excluding hydrogens is 720 g/mol. The number of hydrogen-bond acceptors (Lipinski definition) is 17. The number of rotatable bonds is 2. The molecule has 0 aromatic carbocycles. The van der Waals surface area contributed by atoms with Crippen LogP contribution in [0, 0.1) is 0 Å². The van der Waals surface area contributed by atoms with Crippen molar-refractivity contribution in [2.24, 2.45) is 0 Å². The normalized spacial score (nSPS) is 37.5. The second kappa shape index (κ2) is 12.4. The van der Waals surface area contributed by atoms with E-state index in [0.717, 1.165) is 12.8 Å². The van der Waals surface area contributed by atoms with Gasteiger partial charge in [0, 0.05) is 13.1 Å². The number of anilines is 2. The summed E-state index contributed by atoms with van der Waals surface area (Å²) < 4.78 is 67.4. The maximum absolute atomic E-state index is 16.4. The summed E-state index contributed by atoms with van der Waals surface area (Å²) in [6.45, 7) is -3.95. The second-order valence-electron chi connectivity index (χ2n) is 12.5. The van der Waals surface area contributed by atoms with Crippen LogP contribution < -0.4 is 10.6 Å². The number of fused-ring (bicyclic) bond motifs is 2. The number of hydrogen-bond donors (Lipinski definition) is 4. The Morgan fingerprint density at radius 1 is 0.860 bits per heavy atom. The molecule has 5 aliphatic rings. The lowest BCUT2D eigenvalue weighted by Gasteiger charge is -2.35. The van der Waals surface area contributed by atoms with Crippen molar-refractivity contribution in [3.8, 4) is 0 Å². The number of nitrogens with zero attached hydrogens (tertiary/aromatic N) is 8. The number of halogens is 1. The molecular formula is C26H30BFN10O9P2S-. The van der Waals surface area contributed by atoms with Crippen LogP contribution in [0.1, 0.15) is 36.7 Å². The Labute approximate surface area is 288 Å². The van der Waals surface area contributed by atoms with Crippen LogP contribution in [0.5, 0.6) is 0 Å². The van der Waals surface area contributed by atoms with Crippen LogP contribution in [0.4, 0.5) is 16.0 Å². The van der Waals surface area contributed by atoms with Gasteiger partial charge in [0.25, 0.3) is 0 Å². The molecule has 24 heteroatoms. The van der Waals surface area contributed by atoms with Crippen molar-refractivity contribution < 1.29 is 46.5 Å². The maximum atomic E-state index is 16.4. The molecule has 5 aliphatic heterocycles. The van der Waals surface area contributed by atoms with Gasteiger partial charge in [0.1, 0.15) is 54.8 Å². The Morgan fingerprint density at radius 2 is 1.42 bits per heavy atom. The number of ether oxygens (including phenoxy) is 2. The zero-order valence-electron chi connectivity index (χ0n) is 26.0. The molecule has 19 nitrogen and oxygen atoms in total. The predicted octanol–water partition coefficient (Wildman–Crippen LogP) is 1.19. The minimum atomic E-state index is -4.54. The third kappa shape index (κ3) is 5.65. The lowest BCUT2D eigenvalue weighted by Crippen LogP contribution is -2.38.